The molecule has 0 bridgehead atoms. The van der Waals surface area contributed by atoms with Crippen molar-refractivity contribution in [2.75, 3.05) is 6.54 Å². The van der Waals surface area contributed by atoms with Crippen LogP contribution in [0.3, 0.4) is 0 Å². The third-order valence-corrected chi connectivity index (χ3v) is 3.56. The van der Waals surface area contributed by atoms with Crippen molar-refractivity contribution in [1.29, 1.82) is 0 Å². The average Bonchev–Trinajstić information content (AvgIpc) is 2.63. The van der Waals surface area contributed by atoms with Crippen molar-refractivity contribution < 1.29 is 9.59 Å². The van der Waals surface area contributed by atoms with Gasteiger partial charge in [-0.3, -0.25) is 14.5 Å². The molecule has 5 nitrogen and oxygen atoms in total. The van der Waals surface area contributed by atoms with Crippen LogP contribution in [0.4, 0.5) is 0 Å². The van der Waals surface area contributed by atoms with Crippen LogP contribution in [0.25, 0.3) is 0 Å². The number of piperazine rings is 1. The second-order valence-corrected chi connectivity index (χ2v) is 6.38. The Morgan fingerprint density at radius 1 is 1.44 bits per heavy atom. The van der Waals surface area contributed by atoms with Gasteiger partial charge in [0.2, 0.25) is 11.8 Å². The summed E-state index contributed by atoms with van der Waals surface area (Å²) in [5.41, 5.74) is -0.243. The van der Waals surface area contributed by atoms with Crippen molar-refractivity contribution in [3.63, 3.8) is 0 Å². The topological polar surface area (TPSA) is 61.4 Å². The molecular weight excluding hydrogens is 230 g/mol. The van der Waals surface area contributed by atoms with Gasteiger partial charge in [0, 0.05) is 5.54 Å². The number of rotatable bonds is 1. The van der Waals surface area contributed by atoms with Crippen LogP contribution < -0.4 is 10.6 Å². The standard InChI is InChI=1S/C13H23N3O2/c1-8-10(12(18)15-13(2,3)4)16-7-5-6-9(16)11(17)14-8/h8-10H,5-7H2,1-4H3,(H,14,17)(H,15,18)/t8?,9-,10-/m0/s1. The van der Waals surface area contributed by atoms with Gasteiger partial charge in [-0.05, 0) is 47.1 Å². The first-order valence-electron chi connectivity index (χ1n) is 6.68. The lowest BCUT2D eigenvalue weighted by atomic mass is 9.99. The Balaban J connectivity index is 2.15. The molecule has 0 saturated carbocycles. The Hall–Kier alpha value is -1.10. The monoisotopic (exact) mass is 253 g/mol. The Labute approximate surface area is 108 Å². The lowest BCUT2D eigenvalue weighted by Gasteiger charge is -2.41. The van der Waals surface area contributed by atoms with E-state index >= 15 is 0 Å². The molecule has 2 rings (SSSR count). The van der Waals surface area contributed by atoms with E-state index < -0.39 is 0 Å². The zero-order valence-corrected chi connectivity index (χ0v) is 11.6. The molecule has 2 aliphatic rings. The molecule has 2 N–H and O–H groups in total. The van der Waals surface area contributed by atoms with Crippen molar-refractivity contribution in [2.24, 2.45) is 0 Å². The molecule has 2 fully saturated rings. The minimum atomic E-state index is -0.243. The van der Waals surface area contributed by atoms with Gasteiger partial charge in [-0.2, -0.15) is 0 Å². The fourth-order valence-corrected chi connectivity index (χ4v) is 2.91. The van der Waals surface area contributed by atoms with E-state index in [-0.39, 0.29) is 35.5 Å². The summed E-state index contributed by atoms with van der Waals surface area (Å²) in [6.45, 7) is 8.65. The molecule has 2 aliphatic heterocycles. The van der Waals surface area contributed by atoms with E-state index in [4.69, 9.17) is 0 Å². The average molecular weight is 253 g/mol. The van der Waals surface area contributed by atoms with E-state index in [0.717, 1.165) is 19.4 Å². The predicted molar refractivity (Wildman–Crippen MR) is 69.0 cm³/mol. The van der Waals surface area contributed by atoms with E-state index in [9.17, 15) is 9.59 Å². The number of fused-ring (bicyclic) bond motifs is 1. The summed E-state index contributed by atoms with van der Waals surface area (Å²) >= 11 is 0. The molecule has 0 spiro atoms. The summed E-state index contributed by atoms with van der Waals surface area (Å²) < 4.78 is 0. The van der Waals surface area contributed by atoms with Crippen LogP contribution in [0.15, 0.2) is 0 Å². The maximum Gasteiger partial charge on any atom is 0.239 e. The molecule has 0 aliphatic carbocycles. The van der Waals surface area contributed by atoms with Crippen LogP contribution in [-0.2, 0) is 9.59 Å². The first-order chi connectivity index (χ1) is 8.29. The van der Waals surface area contributed by atoms with Gasteiger partial charge in [0.1, 0.15) is 6.04 Å². The summed E-state index contributed by atoms with van der Waals surface area (Å²) in [7, 11) is 0. The van der Waals surface area contributed by atoms with Gasteiger partial charge in [0.15, 0.2) is 0 Å². The molecule has 18 heavy (non-hydrogen) atoms. The van der Waals surface area contributed by atoms with Crippen LogP contribution in [-0.4, -0.2) is 46.9 Å². The van der Waals surface area contributed by atoms with Gasteiger partial charge in [0.25, 0.3) is 0 Å². The molecule has 0 aromatic heterocycles. The third kappa shape index (κ3) is 2.51. The van der Waals surface area contributed by atoms with Gasteiger partial charge >= 0.3 is 0 Å². The van der Waals surface area contributed by atoms with Crippen molar-refractivity contribution in [3.05, 3.63) is 0 Å². The predicted octanol–water partition coefficient (Wildman–Crippen LogP) is 0.252. The highest BCUT2D eigenvalue weighted by molar-refractivity contribution is 5.89. The molecule has 2 heterocycles. The molecule has 0 aromatic rings. The largest absolute Gasteiger partial charge is 0.350 e. The number of hydrogen-bond acceptors (Lipinski definition) is 3. The molecule has 0 aromatic carbocycles. The molecule has 102 valence electrons. The van der Waals surface area contributed by atoms with Crippen molar-refractivity contribution >= 4 is 11.8 Å². The third-order valence-electron chi connectivity index (χ3n) is 3.56. The van der Waals surface area contributed by atoms with Gasteiger partial charge in [-0.1, -0.05) is 0 Å². The first kappa shape index (κ1) is 13.3. The Bertz CT molecular complexity index is 362. The summed E-state index contributed by atoms with van der Waals surface area (Å²) in [6.07, 6.45) is 1.85. The van der Waals surface area contributed by atoms with Crippen LogP contribution in [0.2, 0.25) is 0 Å². The first-order valence-corrected chi connectivity index (χ1v) is 6.68. The molecular formula is C13H23N3O2. The minimum absolute atomic E-state index is 0.0156. The number of hydrogen-bond donors (Lipinski definition) is 2. The van der Waals surface area contributed by atoms with E-state index in [2.05, 4.69) is 15.5 Å². The molecule has 5 heteroatoms. The van der Waals surface area contributed by atoms with E-state index in [1.807, 2.05) is 27.7 Å². The van der Waals surface area contributed by atoms with E-state index in [0.29, 0.717) is 0 Å². The summed E-state index contributed by atoms with van der Waals surface area (Å²) in [6, 6.07) is -0.486. The lowest BCUT2D eigenvalue weighted by molar-refractivity contribution is -0.138. The van der Waals surface area contributed by atoms with Crippen molar-refractivity contribution in [3.8, 4) is 0 Å². The SMILES string of the molecule is CC1NC(=O)[C@@H]2CCCN2[C@@H]1C(=O)NC(C)(C)C. The zero-order valence-electron chi connectivity index (χ0n) is 11.6. The normalized spacial score (nSPS) is 32.9. The van der Waals surface area contributed by atoms with E-state index in [1.165, 1.54) is 0 Å². The second-order valence-electron chi connectivity index (χ2n) is 6.38. The summed E-state index contributed by atoms with van der Waals surface area (Å²) in [5.74, 6) is 0.0849. The van der Waals surface area contributed by atoms with Crippen molar-refractivity contribution in [2.45, 2.75) is 64.2 Å². The highest BCUT2D eigenvalue weighted by Gasteiger charge is 2.46. The fourth-order valence-electron chi connectivity index (χ4n) is 2.91. The smallest absolute Gasteiger partial charge is 0.239 e. The number of nitrogens with one attached hydrogen (secondary N) is 2. The highest BCUT2D eigenvalue weighted by Crippen LogP contribution is 2.26. The highest BCUT2D eigenvalue weighted by atomic mass is 16.2. The molecule has 2 amide bonds. The Kier molecular flexibility index (Phi) is 3.36. The summed E-state index contributed by atoms with van der Waals surface area (Å²) in [5, 5.41) is 5.94. The minimum Gasteiger partial charge on any atom is -0.350 e. The number of nitrogens with zero attached hydrogens (tertiary/aromatic N) is 1. The van der Waals surface area contributed by atoms with Crippen molar-refractivity contribution in [1.82, 2.24) is 15.5 Å². The van der Waals surface area contributed by atoms with Crippen LogP contribution in [0.1, 0.15) is 40.5 Å². The molecule has 3 atom stereocenters. The quantitative estimate of drug-likeness (QED) is 0.704. The molecule has 2 saturated heterocycles. The number of amides is 2. The van der Waals surface area contributed by atoms with Gasteiger partial charge < -0.3 is 10.6 Å². The molecule has 0 radical (unpaired) electrons. The maximum absolute atomic E-state index is 12.4. The zero-order chi connectivity index (χ0) is 13.5. The lowest BCUT2D eigenvalue weighted by Crippen LogP contribution is -2.67. The van der Waals surface area contributed by atoms with Gasteiger partial charge in [-0.25, -0.2) is 0 Å². The fraction of sp³-hybridized carbons (Fsp3) is 0.846. The van der Waals surface area contributed by atoms with Gasteiger partial charge in [-0.15, -0.1) is 0 Å². The number of carbonyl (C=O) groups is 2. The summed E-state index contributed by atoms with van der Waals surface area (Å²) in [4.78, 5) is 26.3. The molecule has 1 unspecified atom stereocenters. The maximum atomic E-state index is 12.4. The van der Waals surface area contributed by atoms with Gasteiger partial charge in [0.05, 0.1) is 12.1 Å². The van der Waals surface area contributed by atoms with Crippen LogP contribution in [0, 0.1) is 0 Å². The van der Waals surface area contributed by atoms with Crippen LogP contribution in [0.5, 0.6) is 0 Å². The second kappa shape index (κ2) is 4.53. The Morgan fingerprint density at radius 2 is 2.11 bits per heavy atom. The van der Waals surface area contributed by atoms with E-state index in [1.54, 1.807) is 0 Å². The number of carbonyl (C=O) groups excluding carboxylic acids is 2. The Morgan fingerprint density at radius 3 is 2.72 bits per heavy atom. The van der Waals surface area contributed by atoms with Crippen LogP contribution >= 0.6 is 0 Å².